The van der Waals surface area contributed by atoms with Gasteiger partial charge >= 0.3 is 11.9 Å². The van der Waals surface area contributed by atoms with Gasteiger partial charge < -0.3 is 15.0 Å². The molecule has 8 nitrogen and oxygen atoms in total. The summed E-state index contributed by atoms with van der Waals surface area (Å²) in [6.45, 7) is 6.75. The lowest BCUT2D eigenvalue weighted by molar-refractivity contribution is -0.152. The number of hydrogen-bond acceptors (Lipinski definition) is 6. The first-order chi connectivity index (χ1) is 11.5. The quantitative estimate of drug-likeness (QED) is 0.634. The smallest absolute Gasteiger partial charge is 0.397 e. The molecule has 0 spiro atoms. The molecule has 0 saturated heterocycles. The molecule has 0 aromatic carbocycles. The third-order valence-electron chi connectivity index (χ3n) is 3.48. The maximum Gasteiger partial charge on any atom is 0.397 e. The first-order valence-electron chi connectivity index (χ1n) is 7.77. The number of carbonyl (C=O) groups is 2. The molecule has 0 bridgehead atoms. The Hall–Kier alpha value is -2.61. The summed E-state index contributed by atoms with van der Waals surface area (Å²) in [5.41, 5.74) is -0.195. The number of fused-ring (bicyclic) bond motifs is 1. The molecule has 0 aliphatic heterocycles. The molecule has 136 valence electrons. The normalized spacial score (nSPS) is 10.0. The van der Waals surface area contributed by atoms with Gasteiger partial charge in [0.1, 0.15) is 11.5 Å². The van der Waals surface area contributed by atoms with Crippen molar-refractivity contribution in [1.82, 2.24) is 9.38 Å². The highest BCUT2D eigenvalue weighted by Gasteiger charge is 2.23. The second-order valence-corrected chi connectivity index (χ2v) is 4.89. The summed E-state index contributed by atoms with van der Waals surface area (Å²) < 4.78 is 6.37. The van der Waals surface area contributed by atoms with E-state index in [4.69, 9.17) is 0 Å². The molecule has 1 amide bonds. The number of aromatic nitrogens is 2. The summed E-state index contributed by atoms with van der Waals surface area (Å²) in [7, 11) is 0. The summed E-state index contributed by atoms with van der Waals surface area (Å²) in [6, 6.07) is 5.26. The van der Waals surface area contributed by atoms with Gasteiger partial charge in [-0.25, -0.2) is 4.79 Å². The van der Waals surface area contributed by atoms with Crippen LogP contribution >= 0.6 is 12.4 Å². The van der Waals surface area contributed by atoms with Crippen molar-refractivity contribution in [2.45, 2.75) is 20.8 Å². The third kappa shape index (κ3) is 4.27. The van der Waals surface area contributed by atoms with Crippen LogP contribution in [0.2, 0.25) is 0 Å². The third-order valence-corrected chi connectivity index (χ3v) is 3.48. The van der Waals surface area contributed by atoms with E-state index in [0.717, 1.165) is 0 Å². The molecule has 0 saturated carbocycles. The Kier molecular flexibility index (Phi) is 7.38. The van der Waals surface area contributed by atoms with Crippen LogP contribution in [0.5, 0.6) is 0 Å². The highest BCUT2D eigenvalue weighted by molar-refractivity contribution is 6.37. The molecule has 0 fully saturated rings. The van der Waals surface area contributed by atoms with Crippen molar-refractivity contribution in [2.75, 3.05) is 29.9 Å². The van der Waals surface area contributed by atoms with Gasteiger partial charge in [0.2, 0.25) is 0 Å². The lowest BCUT2D eigenvalue weighted by Gasteiger charge is -2.25. The zero-order valence-electron chi connectivity index (χ0n) is 14.3. The van der Waals surface area contributed by atoms with Gasteiger partial charge in [-0.2, -0.15) is 4.98 Å². The first kappa shape index (κ1) is 20.4. The SMILES string of the molecule is CCOC(=O)C(=O)Nc1c(N(CC)CC)n2ccccc2nc1=O.Cl. The van der Waals surface area contributed by atoms with Crippen molar-refractivity contribution < 1.29 is 14.3 Å². The Morgan fingerprint density at radius 2 is 1.92 bits per heavy atom. The number of nitrogens with zero attached hydrogens (tertiary/aromatic N) is 3. The Bertz CT molecular complexity index is 817. The number of ether oxygens (including phenoxy) is 1. The number of rotatable bonds is 5. The lowest BCUT2D eigenvalue weighted by Crippen LogP contribution is -2.33. The maximum absolute atomic E-state index is 12.4. The number of halogens is 1. The largest absolute Gasteiger partial charge is 0.459 e. The van der Waals surface area contributed by atoms with E-state index in [1.54, 1.807) is 35.7 Å². The van der Waals surface area contributed by atoms with Crippen LogP contribution in [0.25, 0.3) is 5.65 Å². The molecular weight excluding hydrogens is 348 g/mol. The van der Waals surface area contributed by atoms with Crippen molar-refractivity contribution in [1.29, 1.82) is 0 Å². The number of nitrogens with one attached hydrogen (secondary N) is 1. The molecular formula is C16H21ClN4O4. The van der Waals surface area contributed by atoms with Crippen LogP contribution in [0.4, 0.5) is 11.5 Å². The number of carbonyl (C=O) groups excluding carboxylic acids is 2. The highest BCUT2D eigenvalue weighted by Crippen LogP contribution is 2.23. The van der Waals surface area contributed by atoms with Crippen molar-refractivity contribution in [3.63, 3.8) is 0 Å². The Morgan fingerprint density at radius 1 is 1.24 bits per heavy atom. The average molecular weight is 369 g/mol. The predicted octanol–water partition coefficient (Wildman–Crippen LogP) is 1.46. The molecule has 0 radical (unpaired) electrons. The molecule has 0 unspecified atom stereocenters. The molecule has 0 aliphatic carbocycles. The second-order valence-electron chi connectivity index (χ2n) is 4.89. The van der Waals surface area contributed by atoms with Gasteiger partial charge in [-0.05, 0) is 32.9 Å². The minimum absolute atomic E-state index is 0. The monoisotopic (exact) mass is 368 g/mol. The van der Waals surface area contributed by atoms with E-state index in [2.05, 4.69) is 15.0 Å². The zero-order chi connectivity index (χ0) is 17.7. The molecule has 2 aromatic heterocycles. The molecule has 2 aromatic rings. The number of anilines is 2. The van der Waals surface area contributed by atoms with Crippen LogP contribution in [0.3, 0.4) is 0 Å². The summed E-state index contributed by atoms with van der Waals surface area (Å²) in [6.07, 6.45) is 1.75. The fourth-order valence-electron chi connectivity index (χ4n) is 2.38. The van der Waals surface area contributed by atoms with E-state index >= 15 is 0 Å². The Balaban J connectivity index is 0.00000312. The zero-order valence-corrected chi connectivity index (χ0v) is 15.1. The molecule has 9 heteroatoms. The van der Waals surface area contributed by atoms with Crippen LogP contribution in [0.1, 0.15) is 20.8 Å². The summed E-state index contributed by atoms with van der Waals surface area (Å²) in [5, 5.41) is 2.35. The van der Waals surface area contributed by atoms with Crippen LogP contribution in [-0.2, 0) is 14.3 Å². The van der Waals surface area contributed by atoms with E-state index in [9.17, 15) is 14.4 Å². The van der Waals surface area contributed by atoms with Gasteiger partial charge in [-0.15, -0.1) is 12.4 Å². The van der Waals surface area contributed by atoms with E-state index in [1.165, 1.54) is 0 Å². The van der Waals surface area contributed by atoms with E-state index in [1.807, 2.05) is 18.7 Å². The number of esters is 1. The topological polar surface area (TPSA) is 93.0 Å². The van der Waals surface area contributed by atoms with Crippen molar-refractivity contribution in [3.8, 4) is 0 Å². The predicted molar refractivity (Wildman–Crippen MR) is 97.5 cm³/mol. The fraction of sp³-hybridized carbons (Fsp3) is 0.375. The summed E-state index contributed by atoms with van der Waals surface area (Å²) in [4.78, 5) is 41.8. The Labute approximate surface area is 151 Å². The minimum atomic E-state index is -1.04. The highest BCUT2D eigenvalue weighted by atomic mass is 35.5. The first-order valence-corrected chi connectivity index (χ1v) is 7.77. The number of amides is 1. The standard InChI is InChI=1S/C16H20N4O4.ClH/c1-4-19(5-2)15-12(18-14(22)16(23)24-6-3)13(21)17-11-9-7-8-10-20(11)15;/h7-10H,4-6H2,1-3H3,(H,18,22);1H. The molecule has 0 aliphatic rings. The van der Waals surface area contributed by atoms with Crippen LogP contribution < -0.4 is 15.8 Å². The van der Waals surface area contributed by atoms with Crippen molar-refractivity contribution in [3.05, 3.63) is 34.7 Å². The molecule has 25 heavy (non-hydrogen) atoms. The van der Waals surface area contributed by atoms with Gasteiger partial charge in [0.25, 0.3) is 5.56 Å². The number of pyridine rings is 1. The molecule has 1 N–H and O–H groups in total. The van der Waals surface area contributed by atoms with Gasteiger partial charge in [-0.1, -0.05) is 6.07 Å². The molecule has 2 rings (SSSR count). The minimum Gasteiger partial charge on any atom is -0.459 e. The van der Waals surface area contributed by atoms with E-state index in [0.29, 0.717) is 24.6 Å². The molecule has 0 atom stereocenters. The Morgan fingerprint density at radius 3 is 2.52 bits per heavy atom. The summed E-state index contributed by atoms with van der Waals surface area (Å²) in [5.74, 6) is -1.56. The second kappa shape index (κ2) is 9.03. The van der Waals surface area contributed by atoms with Crippen molar-refractivity contribution >= 4 is 41.4 Å². The van der Waals surface area contributed by atoms with E-state index in [-0.39, 0.29) is 24.7 Å². The fourth-order valence-corrected chi connectivity index (χ4v) is 2.38. The van der Waals surface area contributed by atoms with Crippen molar-refractivity contribution in [2.24, 2.45) is 0 Å². The van der Waals surface area contributed by atoms with Gasteiger partial charge in [0, 0.05) is 19.3 Å². The van der Waals surface area contributed by atoms with Crippen LogP contribution in [-0.4, -0.2) is 41.0 Å². The van der Waals surface area contributed by atoms with Gasteiger partial charge in [0.15, 0.2) is 5.69 Å². The number of hydrogen-bond donors (Lipinski definition) is 1. The maximum atomic E-state index is 12.4. The van der Waals surface area contributed by atoms with Crippen LogP contribution in [0.15, 0.2) is 29.2 Å². The van der Waals surface area contributed by atoms with Gasteiger partial charge in [0.05, 0.1) is 6.61 Å². The van der Waals surface area contributed by atoms with Gasteiger partial charge in [-0.3, -0.25) is 14.0 Å². The average Bonchev–Trinajstić information content (AvgIpc) is 2.58. The van der Waals surface area contributed by atoms with Crippen LogP contribution in [0, 0.1) is 0 Å². The lowest BCUT2D eigenvalue weighted by atomic mass is 10.3. The van der Waals surface area contributed by atoms with E-state index < -0.39 is 17.4 Å². The summed E-state index contributed by atoms with van der Waals surface area (Å²) >= 11 is 0. The molecule has 2 heterocycles.